The summed E-state index contributed by atoms with van der Waals surface area (Å²) in [5, 5.41) is 7.26. The molecule has 84 valence electrons. The minimum atomic E-state index is 0.521. The van der Waals surface area contributed by atoms with Crippen molar-refractivity contribution in [2.75, 3.05) is 0 Å². The van der Waals surface area contributed by atoms with E-state index in [0.717, 1.165) is 5.69 Å². The molecule has 16 heavy (non-hydrogen) atoms. The largest absolute Gasteiger partial charge is 0.332 e. The van der Waals surface area contributed by atoms with E-state index >= 15 is 0 Å². The van der Waals surface area contributed by atoms with Gasteiger partial charge in [0.25, 0.3) is 5.89 Å². The minimum Gasteiger partial charge on any atom is -0.332 e. The lowest BCUT2D eigenvalue weighted by Crippen LogP contribution is -2.16. The fourth-order valence-corrected chi connectivity index (χ4v) is 1.52. The van der Waals surface area contributed by atoms with Gasteiger partial charge in [0.2, 0.25) is 0 Å². The van der Waals surface area contributed by atoms with E-state index < -0.39 is 0 Å². The summed E-state index contributed by atoms with van der Waals surface area (Å²) in [5.41, 5.74) is 0.838. The van der Waals surface area contributed by atoms with Gasteiger partial charge in [-0.25, -0.2) is 4.98 Å². The van der Waals surface area contributed by atoms with Crippen LogP contribution in [0.2, 0.25) is 0 Å². The Balaban J connectivity index is 1.74. The molecule has 1 saturated carbocycles. The molecule has 0 spiro atoms. The summed E-state index contributed by atoms with van der Waals surface area (Å²) in [4.78, 5) is 8.32. The maximum atomic E-state index is 5.18. The third-order valence-corrected chi connectivity index (χ3v) is 2.63. The van der Waals surface area contributed by atoms with Crippen molar-refractivity contribution in [1.82, 2.24) is 25.0 Å². The molecule has 0 aliphatic heterocycles. The highest BCUT2D eigenvalue weighted by Gasteiger charge is 2.21. The van der Waals surface area contributed by atoms with Crippen LogP contribution in [0.1, 0.15) is 18.7 Å². The van der Waals surface area contributed by atoms with Gasteiger partial charge in [0.05, 0.1) is 19.1 Å². The number of hydrogen-bond acceptors (Lipinski definition) is 5. The molecule has 2 aromatic heterocycles. The van der Waals surface area contributed by atoms with E-state index in [2.05, 4.69) is 20.4 Å². The first-order chi connectivity index (χ1) is 7.83. The first-order valence-electron chi connectivity index (χ1n) is 5.35. The predicted molar refractivity (Wildman–Crippen MR) is 56.4 cm³/mol. The highest BCUT2D eigenvalue weighted by molar-refractivity contribution is 5.45. The summed E-state index contributed by atoms with van der Waals surface area (Å²) in [5.74, 6) is 1.22. The van der Waals surface area contributed by atoms with Gasteiger partial charge in [-0.1, -0.05) is 5.16 Å². The third-order valence-electron chi connectivity index (χ3n) is 2.63. The Bertz CT molecular complexity index is 485. The van der Waals surface area contributed by atoms with Crippen LogP contribution in [0.3, 0.4) is 0 Å². The topological polar surface area (TPSA) is 68.8 Å². The Morgan fingerprint density at radius 3 is 3.12 bits per heavy atom. The number of aromatic nitrogens is 4. The zero-order valence-electron chi connectivity index (χ0n) is 9.05. The SMILES string of the molecule is Cn1cncc1-c1nc(CNC2CC2)no1. The second-order valence-corrected chi connectivity index (χ2v) is 4.06. The van der Waals surface area contributed by atoms with Gasteiger partial charge in [-0.15, -0.1) is 0 Å². The first-order valence-corrected chi connectivity index (χ1v) is 5.35. The van der Waals surface area contributed by atoms with Gasteiger partial charge >= 0.3 is 0 Å². The van der Waals surface area contributed by atoms with Crippen LogP contribution in [0.5, 0.6) is 0 Å². The van der Waals surface area contributed by atoms with Crippen molar-refractivity contribution < 1.29 is 4.52 Å². The van der Waals surface area contributed by atoms with Crippen molar-refractivity contribution >= 4 is 0 Å². The molecule has 0 bridgehead atoms. The summed E-state index contributed by atoms with van der Waals surface area (Å²) in [6.45, 7) is 0.673. The molecule has 3 rings (SSSR count). The predicted octanol–water partition coefficient (Wildman–Crippen LogP) is 0.722. The average Bonchev–Trinajstić information content (AvgIpc) is 2.82. The Hall–Kier alpha value is -1.69. The van der Waals surface area contributed by atoms with Gasteiger partial charge < -0.3 is 14.4 Å². The highest BCUT2D eigenvalue weighted by Crippen LogP contribution is 2.19. The summed E-state index contributed by atoms with van der Waals surface area (Å²) in [7, 11) is 1.90. The number of rotatable bonds is 4. The monoisotopic (exact) mass is 219 g/mol. The van der Waals surface area contributed by atoms with Crippen molar-refractivity contribution in [3.05, 3.63) is 18.3 Å². The van der Waals surface area contributed by atoms with Gasteiger partial charge in [0, 0.05) is 13.1 Å². The van der Waals surface area contributed by atoms with Crippen molar-refractivity contribution in [1.29, 1.82) is 0 Å². The Morgan fingerprint density at radius 1 is 1.56 bits per heavy atom. The smallest absolute Gasteiger partial charge is 0.276 e. The number of hydrogen-bond donors (Lipinski definition) is 1. The van der Waals surface area contributed by atoms with E-state index in [1.807, 2.05) is 11.6 Å². The molecular formula is C10H13N5O. The molecule has 1 fully saturated rings. The standard InChI is InChI=1S/C10H13N5O/c1-15-6-11-4-8(15)10-13-9(14-16-10)5-12-7-2-3-7/h4,6-7,12H,2-3,5H2,1H3. The first kappa shape index (κ1) is 9.53. The number of aryl methyl sites for hydroxylation is 1. The lowest BCUT2D eigenvalue weighted by molar-refractivity contribution is 0.417. The van der Waals surface area contributed by atoms with E-state index in [-0.39, 0.29) is 0 Å². The molecule has 0 aromatic carbocycles. The number of nitrogens with zero attached hydrogens (tertiary/aromatic N) is 4. The van der Waals surface area contributed by atoms with Gasteiger partial charge in [-0.3, -0.25) is 0 Å². The van der Waals surface area contributed by atoms with Crippen LogP contribution in [-0.4, -0.2) is 25.7 Å². The molecule has 6 heteroatoms. The maximum absolute atomic E-state index is 5.18. The van der Waals surface area contributed by atoms with Crippen LogP contribution in [0.15, 0.2) is 17.0 Å². The van der Waals surface area contributed by atoms with E-state index in [0.29, 0.717) is 24.3 Å². The third kappa shape index (κ3) is 1.83. The summed E-state index contributed by atoms with van der Waals surface area (Å²) >= 11 is 0. The van der Waals surface area contributed by atoms with Crippen LogP contribution >= 0.6 is 0 Å². The number of imidazole rings is 1. The van der Waals surface area contributed by atoms with E-state index in [9.17, 15) is 0 Å². The normalized spacial score (nSPS) is 15.6. The molecule has 0 amide bonds. The molecule has 0 saturated heterocycles. The van der Waals surface area contributed by atoms with Gasteiger partial charge in [-0.2, -0.15) is 4.98 Å². The molecule has 2 heterocycles. The summed E-state index contributed by atoms with van der Waals surface area (Å²) in [6, 6.07) is 0.652. The molecule has 1 aliphatic rings. The Kier molecular flexibility index (Phi) is 2.21. The zero-order valence-corrected chi connectivity index (χ0v) is 9.05. The molecule has 1 N–H and O–H groups in total. The second-order valence-electron chi connectivity index (χ2n) is 4.06. The summed E-state index contributed by atoms with van der Waals surface area (Å²) in [6.07, 6.45) is 5.94. The van der Waals surface area contributed by atoms with Crippen LogP contribution in [-0.2, 0) is 13.6 Å². The fraction of sp³-hybridized carbons (Fsp3) is 0.500. The molecule has 0 atom stereocenters. The Labute approximate surface area is 92.7 Å². The van der Waals surface area contributed by atoms with Crippen LogP contribution in [0, 0.1) is 0 Å². The molecule has 2 aromatic rings. The molecule has 0 radical (unpaired) electrons. The highest BCUT2D eigenvalue weighted by atomic mass is 16.5. The average molecular weight is 219 g/mol. The maximum Gasteiger partial charge on any atom is 0.276 e. The molecule has 6 nitrogen and oxygen atoms in total. The van der Waals surface area contributed by atoms with Crippen molar-refractivity contribution in [3.63, 3.8) is 0 Å². The molecular weight excluding hydrogens is 206 g/mol. The Morgan fingerprint density at radius 2 is 2.44 bits per heavy atom. The van der Waals surface area contributed by atoms with Crippen LogP contribution in [0.25, 0.3) is 11.6 Å². The second kappa shape index (κ2) is 3.71. The lowest BCUT2D eigenvalue weighted by atomic mass is 10.4. The fourth-order valence-electron chi connectivity index (χ4n) is 1.52. The minimum absolute atomic E-state index is 0.521. The lowest BCUT2D eigenvalue weighted by Gasteiger charge is -1.95. The molecule has 0 unspecified atom stereocenters. The van der Waals surface area contributed by atoms with Crippen molar-refractivity contribution in [3.8, 4) is 11.6 Å². The van der Waals surface area contributed by atoms with Crippen LogP contribution in [0.4, 0.5) is 0 Å². The number of nitrogens with one attached hydrogen (secondary N) is 1. The van der Waals surface area contributed by atoms with Gasteiger partial charge in [0.1, 0.15) is 5.69 Å². The van der Waals surface area contributed by atoms with Gasteiger partial charge in [0.15, 0.2) is 5.82 Å². The van der Waals surface area contributed by atoms with Gasteiger partial charge in [-0.05, 0) is 12.8 Å². The summed E-state index contributed by atoms with van der Waals surface area (Å²) < 4.78 is 7.03. The van der Waals surface area contributed by atoms with Crippen molar-refractivity contribution in [2.45, 2.75) is 25.4 Å². The quantitative estimate of drug-likeness (QED) is 0.820. The van der Waals surface area contributed by atoms with E-state index in [1.54, 1.807) is 12.5 Å². The molecule has 1 aliphatic carbocycles. The zero-order chi connectivity index (χ0) is 11.0. The van der Waals surface area contributed by atoms with Crippen molar-refractivity contribution in [2.24, 2.45) is 7.05 Å². The van der Waals surface area contributed by atoms with Crippen LogP contribution < -0.4 is 5.32 Å². The van der Waals surface area contributed by atoms with E-state index in [1.165, 1.54) is 12.8 Å². The van der Waals surface area contributed by atoms with E-state index in [4.69, 9.17) is 4.52 Å².